The minimum atomic E-state index is -4.64. The highest BCUT2D eigenvalue weighted by Gasteiger charge is 2.22. The number of hydrogen-bond donors (Lipinski definition) is 0. The number of rotatable bonds is 58. The monoisotopic (exact) mass is 1110 g/mol. The third-order valence-corrected chi connectivity index (χ3v) is 14.6. The SMILES string of the molecule is CC/C=C\C/C=C\C/C=C\C/C=C\C/C=C\C/C=C\C/C=C\C/C=C\CCCCCCCCCCC(=O)OC(COC(=O)CCCCCCCCCCCCCCCCCCCCCCC)COP(=O)([O-])OCC[N+](C)(C)C. The molecule has 0 aromatic rings. The predicted octanol–water partition coefficient (Wildman–Crippen LogP) is 19.7. The molecule has 0 heterocycles. The lowest BCUT2D eigenvalue weighted by molar-refractivity contribution is -0.870. The fraction of sp³-hybridized carbons (Fsp3) is 0.735. The third-order valence-electron chi connectivity index (χ3n) is 13.6. The van der Waals surface area contributed by atoms with E-state index in [-0.39, 0.29) is 32.0 Å². The Morgan fingerprint density at radius 3 is 1.09 bits per heavy atom. The highest BCUT2D eigenvalue weighted by atomic mass is 31.2. The molecule has 2 unspecified atom stereocenters. The largest absolute Gasteiger partial charge is 0.756 e. The molecule has 0 aromatic heterocycles. The van der Waals surface area contributed by atoms with Crippen molar-refractivity contribution in [3.63, 3.8) is 0 Å². The normalized spacial score (nSPS) is 13.9. The van der Waals surface area contributed by atoms with Crippen molar-refractivity contribution in [3.8, 4) is 0 Å². The van der Waals surface area contributed by atoms with Crippen LogP contribution >= 0.6 is 7.82 Å². The Labute approximate surface area is 481 Å². The van der Waals surface area contributed by atoms with Crippen LogP contribution in [0.2, 0.25) is 0 Å². The number of allylic oxidation sites excluding steroid dienone is 16. The van der Waals surface area contributed by atoms with Crippen LogP contribution in [0.5, 0.6) is 0 Å². The number of hydrogen-bond acceptors (Lipinski definition) is 8. The summed E-state index contributed by atoms with van der Waals surface area (Å²) in [6, 6.07) is 0. The lowest BCUT2D eigenvalue weighted by Crippen LogP contribution is -2.37. The van der Waals surface area contributed by atoms with E-state index in [4.69, 9.17) is 18.5 Å². The van der Waals surface area contributed by atoms with E-state index in [2.05, 4.69) is 111 Å². The number of carbonyl (C=O) groups excluding carboxylic acids is 2. The molecule has 0 aliphatic heterocycles. The highest BCUT2D eigenvalue weighted by molar-refractivity contribution is 7.45. The summed E-state index contributed by atoms with van der Waals surface area (Å²) in [7, 11) is 1.16. The molecule has 2 atom stereocenters. The van der Waals surface area contributed by atoms with Crippen LogP contribution in [0.3, 0.4) is 0 Å². The van der Waals surface area contributed by atoms with Crippen LogP contribution in [0.4, 0.5) is 0 Å². The first-order valence-corrected chi connectivity index (χ1v) is 33.4. The summed E-state index contributed by atoms with van der Waals surface area (Å²) in [6.07, 6.45) is 80.3. The van der Waals surface area contributed by atoms with E-state index in [9.17, 15) is 19.0 Å². The molecule has 0 bridgehead atoms. The maximum Gasteiger partial charge on any atom is 0.306 e. The first-order chi connectivity index (χ1) is 38.0. The van der Waals surface area contributed by atoms with Gasteiger partial charge in [-0.2, -0.15) is 0 Å². The van der Waals surface area contributed by atoms with Crippen LogP contribution in [0.1, 0.15) is 271 Å². The van der Waals surface area contributed by atoms with Gasteiger partial charge in [0.1, 0.15) is 19.8 Å². The molecule has 0 amide bonds. The van der Waals surface area contributed by atoms with Gasteiger partial charge in [0.15, 0.2) is 6.10 Å². The molecular formula is C68H120NO8P. The molecule has 0 fully saturated rings. The van der Waals surface area contributed by atoms with Crippen molar-refractivity contribution in [3.05, 3.63) is 97.2 Å². The second-order valence-electron chi connectivity index (χ2n) is 22.4. The zero-order valence-electron chi connectivity index (χ0n) is 51.1. The Bertz CT molecular complexity index is 1640. The number of phosphoric ester groups is 1. The number of esters is 2. The molecule has 10 heteroatoms. The van der Waals surface area contributed by atoms with Gasteiger partial charge >= 0.3 is 11.9 Å². The molecule has 0 aliphatic rings. The van der Waals surface area contributed by atoms with Crippen molar-refractivity contribution in [2.24, 2.45) is 0 Å². The van der Waals surface area contributed by atoms with Gasteiger partial charge in [-0.05, 0) is 77.0 Å². The molecule has 0 radical (unpaired) electrons. The zero-order valence-corrected chi connectivity index (χ0v) is 52.0. The first-order valence-electron chi connectivity index (χ1n) is 31.9. The van der Waals surface area contributed by atoms with Gasteiger partial charge in [-0.25, -0.2) is 0 Å². The average molecular weight is 1110 g/mol. The number of carbonyl (C=O) groups is 2. The van der Waals surface area contributed by atoms with Gasteiger partial charge in [0.05, 0.1) is 27.7 Å². The van der Waals surface area contributed by atoms with Crippen molar-refractivity contribution in [1.82, 2.24) is 0 Å². The molecule has 0 rings (SSSR count). The molecule has 0 saturated heterocycles. The smallest absolute Gasteiger partial charge is 0.306 e. The van der Waals surface area contributed by atoms with E-state index >= 15 is 0 Å². The molecule has 0 aromatic carbocycles. The molecule has 0 saturated carbocycles. The topological polar surface area (TPSA) is 111 Å². The maximum atomic E-state index is 12.8. The van der Waals surface area contributed by atoms with Crippen LogP contribution in [0.25, 0.3) is 0 Å². The number of ether oxygens (including phenoxy) is 2. The molecule has 9 nitrogen and oxygen atoms in total. The van der Waals surface area contributed by atoms with Gasteiger partial charge in [0.2, 0.25) is 0 Å². The van der Waals surface area contributed by atoms with Gasteiger partial charge in [-0.15, -0.1) is 0 Å². The Balaban J connectivity index is 4.15. The fourth-order valence-corrected chi connectivity index (χ4v) is 9.46. The van der Waals surface area contributed by atoms with Crippen molar-refractivity contribution in [1.29, 1.82) is 0 Å². The van der Waals surface area contributed by atoms with Crippen molar-refractivity contribution >= 4 is 19.8 Å². The zero-order chi connectivity index (χ0) is 57.0. The standard InChI is InChI=1S/C68H120NO8P/c1-6-8-10-12-14-16-18-20-22-24-26-28-29-30-31-32-33-34-35-36-37-38-39-41-43-45-47-49-51-53-55-57-59-61-68(71)77-66(65-76-78(72,73)75-63-62-69(3,4)5)64-74-67(70)60-58-56-54-52-50-48-46-44-42-40-27-25-23-21-19-17-15-13-11-9-7-2/h8,10,14,16,20,22,26,28,30-31,33-34,36-37,39,41,66H,6-7,9,11-13,15,17-19,21,23-25,27,29,32,35,38,40,42-65H2,1-5H3/b10-8-,16-14-,22-20-,28-26-,31-30-,34-33-,37-36-,41-39-. The van der Waals surface area contributed by atoms with Crippen molar-refractivity contribution < 1.29 is 42.1 Å². The molecule has 450 valence electrons. The molecular weight excluding hydrogens is 990 g/mol. The Hall–Kier alpha value is -3.07. The van der Waals surface area contributed by atoms with Gasteiger partial charge in [-0.1, -0.05) is 278 Å². The first kappa shape index (κ1) is 74.9. The molecule has 0 aliphatic carbocycles. The van der Waals surface area contributed by atoms with Crippen molar-refractivity contribution in [2.75, 3.05) is 47.5 Å². The van der Waals surface area contributed by atoms with Gasteiger partial charge in [0.25, 0.3) is 7.82 Å². The summed E-state index contributed by atoms with van der Waals surface area (Å²) in [6.45, 7) is 4.14. The van der Waals surface area contributed by atoms with E-state index < -0.39 is 26.5 Å². The van der Waals surface area contributed by atoms with E-state index in [0.717, 1.165) is 96.3 Å². The molecule has 0 N–H and O–H groups in total. The maximum absolute atomic E-state index is 12.8. The minimum absolute atomic E-state index is 0.0354. The quantitative estimate of drug-likeness (QED) is 0.0195. The van der Waals surface area contributed by atoms with Crippen LogP contribution in [-0.2, 0) is 32.7 Å². The summed E-state index contributed by atoms with van der Waals surface area (Å²) < 4.78 is 34.2. The summed E-state index contributed by atoms with van der Waals surface area (Å²) in [5.74, 6) is -0.838. The Kier molecular flexibility index (Phi) is 56.3. The second-order valence-corrected chi connectivity index (χ2v) is 23.8. The minimum Gasteiger partial charge on any atom is -0.756 e. The number of likely N-dealkylation sites (N-methyl/N-ethyl adjacent to an activating group) is 1. The lowest BCUT2D eigenvalue weighted by atomic mass is 10.0. The predicted molar refractivity (Wildman–Crippen MR) is 332 cm³/mol. The fourth-order valence-electron chi connectivity index (χ4n) is 8.73. The van der Waals surface area contributed by atoms with Crippen LogP contribution in [0.15, 0.2) is 97.2 Å². The van der Waals surface area contributed by atoms with E-state index in [0.29, 0.717) is 17.4 Å². The summed E-state index contributed by atoms with van der Waals surface area (Å²) in [5.41, 5.74) is 0. The van der Waals surface area contributed by atoms with Crippen LogP contribution in [-0.4, -0.2) is 70.0 Å². The lowest BCUT2D eigenvalue weighted by Gasteiger charge is -2.28. The van der Waals surface area contributed by atoms with Crippen LogP contribution < -0.4 is 4.89 Å². The summed E-state index contributed by atoms with van der Waals surface area (Å²) >= 11 is 0. The third kappa shape index (κ3) is 62.1. The average Bonchev–Trinajstić information content (AvgIpc) is 3.41. The van der Waals surface area contributed by atoms with E-state index in [1.165, 1.54) is 141 Å². The molecule has 0 spiro atoms. The van der Waals surface area contributed by atoms with Gasteiger partial charge in [-0.3, -0.25) is 14.2 Å². The van der Waals surface area contributed by atoms with Crippen LogP contribution in [0, 0.1) is 0 Å². The Morgan fingerprint density at radius 2 is 0.731 bits per heavy atom. The number of unbranched alkanes of at least 4 members (excludes halogenated alkanes) is 28. The highest BCUT2D eigenvalue weighted by Crippen LogP contribution is 2.38. The summed E-state index contributed by atoms with van der Waals surface area (Å²) in [4.78, 5) is 38.0. The van der Waals surface area contributed by atoms with Gasteiger partial charge < -0.3 is 27.9 Å². The van der Waals surface area contributed by atoms with Crippen molar-refractivity contribution in [2.45, 2.75) is 277 Å². The van der Waals surface area contributed by atoms with E-state index in [1.54, 1.807) is 0 Å². The van der Waals surface area contributed by atoms with E-state index in [1.807, 2.05) is 21.1 Å². The summed E-state index contributed by atoms with van der Waals surface area (Å²) in [5, 5.41) is 0. The molecule has 78 heavy (non-hydrogen) atoms. The number of quaternary nitrogens is 1. The number of phosphoric acid groups is 1. The second kappa shape index (κ2) is 58.6. The Morgan fingerprint density at radius 1 is 0.410 bits per heavy atom. The number of nitrogens with zero attached hydrogens (tertiary/aromatic N) is 1. The van der Waals surface area contributed by atoms with Gasteiger partial charge in [0, 0.05) is 12.8 Å².